The van der Waals surface area contributed by atoms with Crippen molar-refractivity contribution >= 4 is 34.8 Å². The van der Waals surface area contributed by atoms with Crippen LogP contribution >= 0.6 is 11.6 Å². The van der Waals surface area contributed by atoms with Crippen molar-refractivity contribution in [2.45, 2.75) is 47.0 Å². The van der Waals surface area contributed by atoms with Crippen molar-refractivity contribution in [2.75, 3.05) is 42.3 Å². The summed E-state index contributed by atoms with van der Waals surface area (Å²) >= 11 is 5.91. The van der Waals surface area contributed by atoms with E-state index in [1.165, 1.54) is 6.42 Å². The second-order valence-corrected chi connectivity index (χ2v) is 8.00. The normalized spacial score (nSPS) is 14.8. The van der Waals surface area contributed by atoms with Crippen LogP contribution in [0.25, 0.3) is 0 Å². The molecule has 1 aromatic rings. The monoisotopic (exact) mass is 393 g/mol. The van der Waals surface area contributed by atoms with E-state index in [1.54, 1.807) is 13.8 Å². The molecule has 2 amide bonds. The van der Waals surface area contributed by atoms with Crippen LogP contribution < -0.4 is 10.2 Å². The van der Waals surface area contributed by atoms with Gasteiger partial charge in [0, 0.05) is 43.4 Å². The second-order valence-electron chi connectivity index (χ2n) is 7.73. The summed E-state index contributed by atoms with van der Waals surface area (Å²) in [7, 11) is 0. The van der Waals surface area contributed by atoms with Crippen molar-refractivity contribution in [1.82, 2.24) is 4.90 Å². The topological polar surface area (TPSA) is 52.7 Å². The summed E-state index contributed by atoms with van der Waals surface area (Å²) in [6.07, 6.45) is 3.51. The predicted molar refractivity (Wildman–Crippen MR) is 113 cm³/mol. The molecule has 1 saturated heterocycles. The number of benzene rings is 1. The minimum Gasteiger partial charge on any atom is -0.371 e. The second kappa shape index (κ2) is 9.45. The first-order valence-electron chi connectivity index (χ1n) is 9.89. The number of nitrogens with zero attached hydrogens (tertiary/aromatic N) is 2. The van der Waals surface area contributed by atoms with Crippen molar-refractivity contribution in [3.05, 3.63) is 23.8 Å². The van der Waals surface area contributed by atoms with Gasteiger partial charge in [-0.2, -0.15) is 0 Å². The van der Waals surface area contributed by atoms with Crippen LogP contribution in [0.15, 0.2) is 18.2 Å². The van der Waals surface area contributed by atoms with Crippen LogP contribution in [-0.4, -0.2) is 48.8 Å². The Morgan fingerprint density at radius 2 is 1.78 bits per heavy atom. The van der Waals surface area contributed by atoms with E-state index in [1.807, 2.05) is 36.9 Å². The average Bonchev–Trinajstić information content (AvgIpc) is 2.69. The molecule has 150 valence electrons. The maximum Gasteiger partial charge on any atom is 0.256 e. The zero-order valence-corrected chi connectivity index (χ0v) is 17.7. The molecule has 0 aliphatic carbocycles. The fraction of sp³-hybridized carbons (Fsp3) is 0.619. The van der Waals surface area contributed by atoms with Crippen molar-refractivity contribution in [2.24, 2.45) is 5.41 Å². The van der Waals surface area contributed by atoms with Crippen LogP contribution in [-0.2, 0) is 4.79 Å². The highest BCUT2D eigenvalue weighted by atomic mass is 35.5. The summed E-state index contributed by atoms with van der Waals surface area (Å²) in [5.41, 5.74) is 1.58. The molecule has 6 heteroatoms. The molecular weight excluding hydrogens is 362 g/mol. The van der Waals surface area contributed by atoms with Gasteiger partial charge >= 0.3 is 0 Å². The molecule has 1 aromatic carbocycles. The van der Waals surface area contributed by atoms with E-state index in [4.69, 9.17) is 11.6 Å². The fourth-order valence-electron chi connectivity index (χ4n) is 3.24. The number of hydrogen-bond donors (Lipinski definition) is 1. The fourth-order valence-corrected chi connectivity index (χ4v) is 3.36. The molecule has 0 aromatic heterocycles. The van der Waals surface area contributed by atoms with Gasteiger partial charge in [-0.15, -0.1) is 11.6 Å². The molecule has 0 saturated carbocycles. The van der Waals surface area contributed by atoms with Crippen molar-refractivity contribution in [3.8, 4) is 0 Å². The zero-order valence-electron chi connectivity index (χ0n) is 17.0. The van der Waals surface area contributed by atoms with E-state index < -0.39 is 5.41 Å². The van der Waals surface area contributed by atoms with E-state index in [0.29, 0.717) is 24.3 Å². The van der Waals surface area contributed by atoms with E-state index in [9.17, 15) is 9.59 Å². The minimum absolute atomic E-state index is 0.00766. The van der Waals surface area contributed by atoms with E-state index in [-0.39, 0.29) is 17.7 Å². The standard InChI is InChI=1S/C21H32ClN3O2/c1-5-24(6-2)19(26)17-14-16(23-20(27)21(3,4)15-22)10-11-18(17)25-12-8-7-9-13-25/h10-11,14H,5-9,12-13,15H2,1-4H3,(H,23,27). The average molecular weight is 394 g/mol. The Hall–Kier alpha value is -1.75. The summed E-state index contributed by atoms with van der Waals surface area (Å²) in [6.45, 7) is 10.8. The zero-order chi connectivity index (χ0) is 20.0. The van der Waals surface area contributed by atoms with Crippen LogP contribution in [0.3, 0.4) is 0 Å². The Labute approximate surface area is 168 Å². The molecule has 1 fully saturated rings. The van der Waals surface area contributed by atoms with Gasteiger partial charge in [0.1, 0.15) is 0 Å². The molecular formula is C21H32ClN3O2. The van der Waals surface area contributed by atoms with Crippen LogP contribution in [0.5, 0.6) is 0 Å². The number of nitrogens with one attached hydrogen (secondary N) is 1. The molecule has 0 unspecified atom stereocenters. The largest absolute Gasteiger partial charge is 0.371 e. The Bertz CT molecular complexity index is 665. The van der Waals surface area contributed by atoms with Gasteiger partial charge in [-0.1, -0.05) is 0 Å². The minimum atomic E-state index is -0.670. The van der Waals surface area contributed by atoms with Crippen molar-refractivity contribution in [1.29, 1.82) is 0 Å². The molecule has 0 bridgehead atoms. The highest BCUT2D eigenvalue weighted by Crippen LogP contribution is 2.29. The van der Waals surface area contributed by atoms with Gasteiger partial charge in [-0.3, -0.25) is 9.59 Å². The third-order valence-corrected chi connectivity index (χ3v) is 5.85. The Balaban J connectivity index is 2.37. The van der Waals surface area contributed by atoms with Gasteiger partial charge in [0.2, 0.25) is 5.91 Å². The predicted octanol–water partition coefficient (Wildman–Crippen LogP) is 4.36. The summed E-state index contributed by atoms with van der Waals surface area (Å²) in [5.74, 6) is 0.0911. The lowest BCUT2D eigenvalue weighted by atomic mass is 9.95. The van der Waals surface area contributed by atoms with E-state index >= 15 is 0 Å². The molecule has 27 heavy (non-hydrogen) atoms. The summed E-state index contributed by atoms with van der Waals surface area (Å²) in [5, 5.41) is 2.92. The molecule has 0 atom stereocenters. The Morgan fingerprint density at radius 1 is 1.15 bits per heavy atom. The van der Waals surface area contributed by atoms with Gasteiger partial charge in [0.05, 0.1) is 11.0 Å². The summed E-state index contributed by atoms with van der Waals surface area (Å²) in [6, 6.07) is 5.66. The van der Waals surface area contributed by atoms with Gasteiger partial charge in [0.15, 0.2) is 0 Å². The van der Waals surface area contributed by atoms with E-state index in [2.05, 4.69) is 10.2 Å². The highest BCUT2D eigenvalue weighted by molar-refractivity contribution is 6.20. The number of hydrogen-bond acceptors (Lipinski definition) is 3. The van der Waals surface area contributed by atoms with Crippen LogP contribution in [0.2, 0.25) is 0 Å². The number of rotatable bonds is 7. The number of carbonyl (C=O) groups is 2. The molecule has 1 aliphatic heterocycles. The molecule has 1 N–H and O–H groups in total. The number of amides is 2. The molecule has 5 nitrogen and oxygen atoms in total. The maximum absolute atomic E-state index is 13.1. The molecule has 2 rings (SSSR count). The Morgan fingerprint density at radius 3 is 2.33 bits per heavy atom. The third kappa shape index (κ3) is 5.16. The first-order chi connectivity index (χ1) is 12.8. The Kier molecular flexibility index (Phi) is 7.54. The van der Waals surface area contributed by atoms with Gasteiger partial charge in [-0.25, -0.2) is 0 Å². The van der Waals surface area contributed by atoms with Gasteiger partial charge in [0.25, 0.3) is 5.91 Å². The molecule has 0 spiro atoms. The van der Waals surface area contributed by atoms with Crippen molar-refractivity contribution < 1.29 is 9.59 Å². The number of anilines is 2. The SMILES string of the molecule is CCN(CC)C(=O)c1cc(NC(=O)C(C)(C)CCl)ccc1N1CCCCC1. The number of alkyl halides is 1. The number of piperidine rings is 1. The van der Waals surface area contributed by atoms with Gasteiger partial charge < -0.3 is 15.1 Å². The highest BCUT2D eigenvalue weighted by Gasteiger charge is 2.27. The summed E-state index contributed by atoms with van der Waals surface area (Å²) < 4.78 is 0. The number of halogens is 1. The third-order valence-electron chi connectivity index (χ3n) is 5.18. The van der Waals surface area contributed by atoms with Crippen molar-refractivity contribution in [3.63, 3.8) is 0 Å². The molecule has 1 heterocycles. The quantitative estimate of drug-likeness (QED) is 0.700. The maximum atomic E-state index is 13.1. The number of carbonyl (C=O) groups excluding carboxylic acids is 2. The smallest absolute Gasteiger partial charge is 0.256 e. The first-order valence-corrected chi connectivity index (χ1v) is 10.4. The first kappa shape index (κ1) is 21.5. The molecule has 0 radical (unpaired) electrons. The van der Waals surface area contributed by atoms with Crippen LogP contribution in [0.4, 0.5) is 11.4 Å². The lowest BCUT2D eigenvalue weighted by Crippen LogP contribution is -2.35. The molecule has 1 aliphatic rings. The van der Waals surface area contributed by atoms with E-state index in [0.717, 1.165) is 31.6 Å². The van der Waals surface area contributed by atoms with Crippen LogP contribution in [0.1, 0.15) is 57.3 Å². The van der Waals surface area contributed by atoms with Crippen LogP contribution in [0, 0.1) is 5.41 Å². The lowest BCUT2D eigenvalue weighted by molar-refractivity contribution is -0.122. The summed E-state index contributed by atoms with van der Waals surface area (Å²) in [4.78, 5) is 29.7. The van der Waals surface area contributed by atoms with Gasteiger partial charge in [-0.05, 0) is 65.2 Å². The lowest BCUT2D eigenvalue weighted by Gasteiger charge is -2.32.